The summed E-state index contributed by atoms with van der Waals surface area (Å²) in [6, 6.07) is 0. The molecule has 2 heteroatoms. The summed E-state index contributed by atoms with van der Waals surface area (Å²) >= 11 is 0. The third-order valence-corrected chi connectivity index (χ3v) is 1.89. The second-order valence-corrected chi connectivity index (χ2v) is 2.78. The van der Waals surface area contributed by atoms with E-state index in [4.69, 9.17) is 9.47 Å². The van der Waals surface area contributed by atoms with Crippen LogP contribution in [0, 0.1) is 0 Å². The zero-order valence-electron chi connectivity index (χ0n) is 7.46. The first-order valence-corrected chi connectivity index (χ1v) is 4.23. The largest absolute Gasteiger partial charge is 0.347 e. The lowest BCUT2D eigenvalue weighted by atomic mass is 10.2. The van der Waals surface area contributed by atoms with Gasteiger partial charge >= 0.3 is 0 Å². The Kier molecular flexibility index (Phi) is 2.68. The molecule has 0 aromatic heterocycles. The van der Waals surface area contributed by atoms with Gasteiger partial charge < -0.3 is 9.47 Å². The van der Waals surface area contributed by atoms with E-state index >= 15 is 0 Å². The van der Waals surface area contributed by atoms with Crippen LogP contribution >= 0.6 is 0 Å². The van der Waals surface area contributed by atoms with E-state index in [1.807, 2.05) is 26.0 Å². The van der Waals surface area contributed by atoms with Crippen molar-refractivity contribution in [2.24, 2.45) is 0 Å². The highest BCUT2D eigenvalue weighted by Gasteiger charge is 2.32. The summed E-state index contributed by atoms with van der Waals surface area (Å²) in [4.78, 5) is 0. The number of hydrogen-bond donors (Lipinski definition) is 0. The second kappa shape index (κ2) is 3.37. The van der Waals surface area contributed by atoms with Gasteiger partial charge in [-0.3, -0.25) is 0 Å². The number of ether oxygens (including phenoxy) is 2. The molecule has 0 amide bonds. The first kappa shape index (κ1) is 8.75. The minimum Gasteiger partial charge on any atom is -0.347 e. The summed E-state index contributed by atoms with van der Waals surface area (Å²) in [6.45, 7) is 6.77. The van der Waals surface area contributed by atoms with Crippen molar-refractivity contribution in [1.82, 2.24) is 0 Å². The molecule has 0 N–H and O–H groups in total. The summed E-state index contributed by atoms with van der Waals surface area (Å²) in [6.07, 6.45) is 5.13. The lowest BCUT2D eigenvalue weighted by molar-refractivity contribution is -0.203. The Hall–Kier alpha value is -0.340. The molecule has 0 aromatic rings. The molecule has 11 heavy (non-hydrogen) atoms. The zero-order chi connectivity index (χ0) is 8.32. The van der Waals surface area contributed by atoms with Gasteiger partial charge in [0.1, 0.15) is 0 Å². The third-order valence-electron chi connectivity index (χ3n) is 1.89. The van der Waals surface area contributed by atoms with Gasteiger partial charge in [0.2, 0.25) is 0 Å². The molecule has 0 bridgehead atoms. The van der Waals surface area contributed by atoms with Gasteiger partial charge in [0.05, 0.1) is 6.10 Å². The van der Waals surface area contributed by atoms with Gasteiger partial charge in [0, 0.05) is 13.0 Å². The van der Waals surface area contributed by atoms with Crippen LogP contribution in [0.4, 0.5) is 0 Å². The predicted octanol–water partition coefficient (Wildman–Crippen LogP) is 2.10. The van der Waals surface area contributed by atoms with Crippen LogP contribution < -0.4 is 0 Å². The Morgan fingerprint density at radius 1 is 1.55 bits per heavy atom. The average Bonchev–Trinajstić information content (AvgIpc) is 2.34. The second-order valence-electron chi connectivity index (χ2n) is 2.78. The van der Waals surface area contributed by atoms with Gasteiger partial charge in [0.15, 0.2) is 5.79 Å². The van der Waals surface area contributed by atoms with Crippen LogP contribution in [-0.2, 0) is 9.47 Å². The number of hydrogen-bond acceptors (Lipinski definition) is 2. The van der Waals surface area contributed by atoms with E-state index in [0.29, 0.717) is 6.61 Å². The summed E-state index contributed by atoms with van der Waals surface area (Å²) < 4.78 is 11.1. The zero-order valence-corrected chi connectivity index (χ0v) is 7.46. The van der Waals surface area contributed by atoms with Crippen molar-refractivity contribution < 1.29 is 9.47 Å². The van der Waals surface area contributed by atoms with E-state index in [0.717, 1.165) is 6.42 Å². The standard InChI is InChI=1S/C9H16O2/c1-4-9(10-5-2)7-6-8(3)11-9/h6-8H,4-5H2,1-3H3/t8-,9?/m0/s1. The minimum atomic E-state index is -0.422. The molecule has 0 fully saturated rings. The molecule has 0 aliphatic carbocycles. The van der Waals surface area contributed by atoms with E-state index in [1.54, 1.807) is 0 Å². The van der Waals surface area contributed by atoms with Crippen LogP contribution in [0.3, 0.4) is 0 Å². The summed E-state index contributed by atoms with van der Waals surface area (Å²) in [5.41, 5.74) is 0. The van der Waals surface area contributed by atoms with Crippen LogP contribution in [0.5, 0.6) is 0 Å². The summed E-state index contributed by atoms with van der Waals surface area (Å²) in [5, 5.41) is 0. The normalized spacial score (nSPS) is 36.5. The van der Waals surface area contributed by atoms with E-state index < -0.39 is 5.79 Å². The summed E-state index contributed by atoms with van der Waals surface area (Å²) in [7, 11) is 0. The molecule has 1 aliphatic rings. The van der Waals surface area contributed by atoms with Crippen LogP contribution in [-0.4, -0.2) is 18.5 Å². The highest BCUT2D eigenvalue weighted by molar-refractivity contribution is 5.05. The van der Waals surface area contributed by atoms with E-state index in [1.165, 1.54) is 0 Å². The van der Waals surface area contributed by atoms with Gasteiger partial charge in [-0.15, -0.1) is 0 Å². The smallest absolute Gasteiger partial charge is 0.188 e. The van der Waals surface area contributed by atoms with Gasteiger partial charge in [-0.2, -0.15) is 0 Å². The first-order valence-electron chi connectivity index (χ1n) is 4.23. The molecule has 2 atom stereocenters. The molecule has 0 spiro atoms. The van der Waals surface area contributed by atoms with Crippen molar-refractivity contribution in [3.63, 3.8) is 0 Å². The maximum absolute atomic E-state index is 5.61. The molecule has 1 unspecified atom stereocenters. The highest BCUT2D eigenvalue weighted by Crippen LogP contribution is 2.27. The molecule has 2 nitrogen and oxygen atoms in total. The van der Waals surface area contributed by atoms with Crippen molar-refractivity contribution in [2.45, 2.75) is 39.1 Å². The Labute approximate surface area is 68.2 Å². The topological polar surface area (TPSA) is 18.5 Å². The van der Waals surface area contributed by atoms with Crippen molar-refractivity contribution >= 4 is 0 Å². The monoisotopic (exact) mass is 156 g/mol. The Morgan fingerprint density at radius 2 is 2.27 bits per heavy atom. The molecule has 0 radical (unpaired) electrons. The third kappa shape index (κ3) is 1.82. The van der Waals surface area contributed by atoms with Crippen LogP contribution in [0.2, 0.25) is 0 Å². The molecular formula is C9H16O2. The quantitative estimate of drug-likeness (QED) is 0.582. The highest BCUT2D eigenvalue weighted by atomic mass is 16.7. The van der Waals surface area contributed by atoms with E-state index in [-0.39, 0.29) is 6.10 Å². The predicted molar refractivity (Wildman–Crippen MR) is 44.3 cm³/mol. The SMILES string of the molecule is CCOC1(CC)C=C[C@H](C)O1. The molecule has 0 aromatic carbocycles. The Morgan fingerprint density at radius 3 is 2.64 bits per heavy atom. The molecule has 0 saturated carbocycles. The number of rotatable bonds is 3. The van der Waals surface area contributed by atoms with Gasteiger partial charge in [0.25, 0.3) is 0 Å². The first-order chi connectivity index (χ1) is 5.22. The fraction of sp³-hybridized carbons (Fsp3) is 0.778. The van der Waals surface area contributed by atoms with E-state index in [9.17, 15) is 0 Å². The van der Waals surface area contributed by atoms with Crippen molar-refractivity contribution in [2.75, 3.05) is 6.61 Å². The van der Waals surface area contributed by atoms with E-state index in [2.05, 4.69) is 6.92 Å². The fourth-order valence-electron chi connectivity index (χ4n) is 1.31. The van der Waals surface area contributed by atoms with Crippen LogP contribution in [0.25, 0.3) is 0 Å². The maximum atomic E-state index is 5.61. The molecule has 1 rings (SSSR count). The van der Waals surface area contributed by atoms with Gasteiger partial charge in [-0.25, -0.2) is 0 Å². The minimum absolute atomic E-state index is 0.196. The van der Waals surface area contributed by atoms with Crippen molar-refractivity contribution in [3.05, 3.63) is 12.2 Å². The maximum Gasteiger partial charge on any atom is 0.188 e. The fourth-order valence-corrected chi connectivity index (χ4v) is 1.31. The lowest BCUT2D eigenvalue weighted by Crippen LogP contribution is -2.31. The molecule has 1 aliphatic heterocycles. The summed E-state index contributed by atoms with van der Waals surface area (Å²) in [5.74, 6) is -0.422. The van der Waals surface area contributed by atoms with Gasteiger partial charge in [-0.05, 0) is 19.9 Å². The van der Waals surface area contributed by atoms with Crippen LogP contribution in [0.1, 0.15) is 27.2 Å². The molecule has 1 heterocycles. The van der Waals surface area contributed by atoms with Crippen molar-refractivity contribution in [3.8, 4) is 0 Å². The molecular weight excluding hydrogens is 140 g/mol. The Bertz CT molecular complexity index is 154. The average molecular weight is 156 g/mol. The Balaban J connectivity index is 2.56. The molecule has 64 valence electrons. The van der Waals surface area contributed by atoms with Crippen LogP contribution in [0.15, 0.2) is 12.2 Å². The van der Waals surface area contributed by atoms with Gasteiger partial charge in [-0.1, -0.05) is 13.0 Å². The molecule has 0 saturated heterocycles. The lowest BCUT2D eigenvalue weighted by Gasteiger charge is -2.26. The van der Waals surface area contributed by atoms with Crippen molar-refractivity contribution in [1.29, 1.82) is 0 Å².